The maximum atomic E-state index is 12.3. The van der Waals surface area contributed by atoms with E-state index in [1.54, 1.807) is 0 Å². The second-order valence-electron chi connectivity index (χ2n) is 3.53. The largest absolute Gasteiger partial charge is 0.504 e. The highest BCUT2D eigenvalue weighted by molar-refractivity contribution is 9.09. The third-order valence-corrected chi connectivity index (χ3v) is 2.58. The number of amides is 1. The Hall–Kier alpha value is -1.37. The van der Waals surface area contributed by atoms with Gasteiger partial charge in [0.2, 0.25) is 0 Å². The highest BCUT2D eigenvalue weighted by Crippen LogP contribution is 2.25. The average molecular weight is 324 g/mol. The molecule has 0 aliphatic carbocycles. The zero-order valence-corrected chi connectivity index (χ0v) is 10.9. The van der Waals surface area contributed by atoms with Crippen molar-refractivity contribution in [1.29, 1.82) is 0 Å². The molecule has 0 bridgehead atoms. The summed E-state index contributed by atoms with van der Waals surface area (Å²) in [6.07, 6.45) is -2.63. The van der Waals surface area contributed by atoms with Crippen LogP contribution in [0.5, 0.6) is 11.5 Å². The molecule has 0 aromatic heterocycles. The van der Waals surface area contributed by atoms with Gasteiger partial charge >= 0.3 is 0 Å². The lowest BCUT2D eigenvalue weighted by molar-refractivity contribution is 0.0572. The maximum Gasteiger partial charge on any atom is 0.255 e. The molecule has 0 unspecified atom stereocenters. The summed E-state index contributed by atoms with van der Waals surface area (Å²) >= 11 is 3.08. The van der Waals surface area contributed by atoms with E-state index in [-0.39, 0.29) is 17.9 Å². The Balaban J connectivity index is 2.90. The van der Waals surface area contributed by atoms with Crippen LogP contribution in [0.4, 0.5) is 8.78 Å². The minimum Gasteiger partial charge on any atom is -0.504 e. The first-order valence-corrected chi connectivity index (χ1v) is 6.23. The second-order valence-corrected chi connectivity index (χ2v) is 4.33. The number of halogens is 3. The van der Waals surface area contributed by atoms with E-state index in [1.807, 2.05) is 0 Å². The Bertz CT molecular complexity index is 429. The summed E-state index contributed by atoms with van der Waals surface area (Å²) in [5.74, 6) is -1.45. The lowest BCUT2D eigenvalue weighted by Gasteiger charge is -2.21. The number of benzene rings is 1. The van der Waals surface area contributed by atoms with E-state index in [2.05, 4.69) is 15.9 Å². The van der Waals surface area contributed by atoms with Crippen LogP contribution in [0.2, 0.25) is 0 Å². The smallest absolute Gasteiger partial charge is 0.255 e. The average Bonchev–Trinajstić information content (AvgIpc) is 2.31. The van der Waals surface area contributed by atoms with Crippen molar-refractivity contribution < 1.29 is 23.8 Å². The van der Waals surface area contributed by atoms with Crippen molar-refractivity contribution in [2.45, 2.75) is 6.43 Å². The molecule has 18 heavy (non-hydrogen) atoms. The maximum absolute atomic E-state index is 12.3. The molecule has 7 heteroatoms. The number of aromatic hydroxyl groups is 2. The second kappa shape index (κ2) is 6.53. The molecule has 0 saturated heterocycles. The Morgan fingerprint density at radius 2 is 2.00 bits per heavy atom. The van der Waals surface area contributed by atoms with Crippen molar-refractivity contribution >= 4 is 21.8 Å². The molecule has 0 aliphatic heterocycles. The van der Waals surface area contributed by atoms with Gasteiger partial charge in [-0.15, -0.1) is 0 Å². The topological polar surface area (TPSA) is 60.8 Å². The molecule has 0 saturated carbocycles. The van der Waals surface area contributed by atoms with E-state index < -0.39 is 24.6 Å². The number of hydrogen-bond acceptors (Lipinski definition) is 3. The van der Waals surface area contributed by atoms with Gasteiger partial charge in [-0.1, -0.05) is 15.9 Å². The summed E-state index contributed by atoms with van der Waals surface area (Å²) in [7, 11) is 0. The van der Waals surface area contributed by atoms with Crippen LogP contribution in [-0.4, -0.2) is 45.9 Å². The minimum absolute atomic E-state index is 0.0481. The van der Waals surface area contributed by atoms with Crippen molar-refractivity contribution in [1.82, 2.24) is 4.90 Å². The number of nitrogens with zero attached hydrogens (tertiary/aromatic N) is 1. The molecule has 1 aromatic rings. The molecule has 2 N–H and O–H groups in total. The molecular formula is C11H12BrF2NO3. The molecule has 100 valence electrons. The number of phenolic OH excluding ortho intramolecular Hbond substituents is 2. The predicted octanol–water partition coefficient (Wildman–Crippen LogP) is 2.20. The van der Waals surface area contributed by atoms with Gasteiger partial charge in [-0.2, -0.15) is 0 Å². The standard InChI is InChI=1S/C11H12BrF2NO3/c12-3-4-15(6-10(13)14)11(18)7-1-2-8(16)9(17)5-7/h1-2,5,10,16-17H,3-4,6H2. The summed E-state index contributed by atoms with van der Waals surface area (Å²) in [5, 5.41) is 18.7. The summed E-state index contributed by atoms with van der Waals surface area (Å²) in [4.78, 5) is 12.9. The van der Waals surface area contributed by atoms with Gasteiger partial charge in [-0.05, 0) is 18.2 Å². The fourth-order valence-electron chi connectivity index (χ4n) is 1.38. The van der Waals surface area contributed by atoms with Gasteiger partial charge < -0.3 is 15.1 Å². The van der Waals surface area contributed by atoms with Crippen LogP contribution in [0.25, 0.3) is 0 Å². The van der Waals surface area contributed by atoms with Crippen LogP contribution in [0.3, 0.4) is 0 Å². The van der Waals surface area contributed by atoms with Gasteiger partial charge in [0.1, 0.15) is 0 Å². The van der Waals surface area contributed by atoms with Crippen LogP contribution >= 0.6 is 15.9 Å². The van der Waals surface area contributed by atoms with E-state index in [9.17, 15) is 18.7 Å². The number of rotatable bonds is 5. The quantitative estimate of drug-likeness (QED) is 0.645. The van der Waals surface area contributed by atoms with Crippen LogP contribution in [-0.2, 0) is 0 Å². The van der Waals surface area contributed by atoms with E-state index in [1.165, 1.54) is 6.07 Å². The van der Waals surface area contributed by atoms with Crippen molar-refractivity contribution in [2.24, 2.45) is 0 Å². The first-order chi connectivity index (χ1) is 8.45. The SMILES string of the molecule is O=C(c1ccc(O)c(O)c1)N(CCBr)CC(F)F. The zero-order chi connectivity index (χ0) is 13.7. The number of phenols is 2. The third kappa shape index (κ3) is 3.83. The summed E-state index contributed by atoms with van der Waals surface area (Å²) in [5.41, 5.74) is 0.0481. The molecule has 4 nitrogen and oxygen atoms in total. The highest BCUT2D eigenvalue weighted by Gasteiger charge is 2.20. The van der Waals surface area contributed by atoms with Crippen molar-refractivity contribution in [3.63, 3.8) is 0 Å². The van der Waals surface area contributed by atoms with E-state index >= 15 is 0 Å². The molecule has 0 spiro atoms. The highest BCUT2D eigenvalue weighted by atomic mass is 79.9. The molecule has 0 radical (unpaired) electrons. The normalized spacial score (nSPS) is 10.7. The van der Waals surface area contributed by atoms with Crippen LogP contribution in [0, 0.1) is 0 Å². The molecule has 1 rings (SSSR count). The summed E-state index contributed by atoms with van der Waals surface area (Å²) in [6.45, 7) is -0.545. The van der Waals surface area contributed by atoms with Gasteiger partial charge in [0.05, 0.1) is 6.54 Å². The Morgan fingerprint density at radius 1 is 1.33 bits per heavy atom. The van der Waals surface area contributed by atoms with Gasteiger partial charge in [-0.3, -0.25) is 4.79 Å². The minimum atomic E-state index is -2.63. The predicted molar refractivity (Wildman–Crippen MR) is 65.5 cm³/mol. The number of carbonyl (C=O) groups is 1. The first-order valence-electron chi connectivity index (χ1n) is 5.11. The van der Waals surface area contributed by atoms with Crippen molar-refractivity contribution in [2.75, 3.05) is 18.4 Å². The summed E-state index contributed by atoms with van der Waals surface area (Å²) in [6, 6.07) is 3.45. The van der Waals surface area contributed by atoms with E-state index in [4.69, 9.17) is 5.11 Å². The summed E-state index contributed by atoms with van der Waals surface area (Å²) < 4.78 is 24.7. The fraction of sp³-hybridized carbons (Fsp3) is 0.364. The third-order valence-electron chi connectivity index (χ3n) is 2.22. The molecule has 0 fully saturated rings. The monoisotopic (exact) mass is 323 g/mol. The molecule has 1 aromatic carbocycles. The zero-order valence-electron chi connectivity index (χ0n) is 9.31. The van der Waals surface area contributed by atoms with Gasteiger partial charge in [-0.25, -0.2) is 8.78 Å². The Kier molecular flexibility index (Phi) is 5.33. The van der Waals surface area contributed by atoms with Crippen molar-refractivity contribution in [3.8, 4) is 11.5 Å². The molecule has 0 heterocycles. The lowest BCUT2D eigenvalue weighted by atomic mass is 10.1. The van der Waals surface area contributed by atoms with Gasteiger partial charge in [0.25, 0.3) is 12.3 Å². The van der Waals surface area contributed by atoms with Crippen LogP contribution in [0.1, 0.15) is 10.4 Å². The number of alkyl halides is 3. The van der Waals surface area contributed by atoms with Crippen molar-refractivity contribution in [3.05, 3.63) is 23.8 Å². The Labute approximate surface area is 111 Å². The van der Waals surface area contributed by atoms with Gasteiger partial charge in [0.15, 0.2) is 11.5 Å². The van der Waals surface area contributed by atoms with E-state index in [0.717, 1.165) is 17.0 Å². The van der Waals surface area contributed by atoms with Crippen LogP contribution < -0.4 is 0 Å². The fourth-order valence-corrected chi connectivity index (χ4v) is 1.81. The van der Waals surface area contributed by atoms with Crippen LogP contribution in [0.15, 0.2) is 18.2 Å². The lowest BCUT2D eigenvalue weighted by Crippen LogP contribution is -2.36. The molecule has 1 amide bonds. The molecular weight excluding hydrogens is 312 g/mol. The van der Waals surface area contributed by atoms with E-state index in [0.29, 0.717) is 5.33 Å². The number of hydrogen-bond donors (Lipinski definition) is 2. The number of carbonyl (C=O) groups excluding carboxylic acids is 1. The Morgan fingerprint density at radius 3 is 2.50 bits per heavy atom. The molecule has 0 atom stereocenters. The molecule has 0 aliphatic rings. The van der Waals surface area contributed by atoms with Gasteiger partial charge in [0, 0.05) is 17.4 Å². The first kappa shape index (κ1) is 14.7.